The first-order chi connectivity index (χ1) is 8.74. The summed E-state index contributed by atoms with van der Waals surface area (Å²) in [4.78, 5) is 12.1. The van der Waals surface area contributed by atoms with Crippen LogP contribution in [0.4, 0.5) is 0 Å². The molecule has 0 fully saturated rings. The maximum atomic E-state index is 12.1. The van der Waals surface area contributed by atoms with Crippen LogP contribution in [0, 0.1) is 6.92 Å². The molecule has 0 saturated carbocycles. The van der Waals surface area contributed by atoms with Gasteiger partial charge in [-0.15, -0.1) is 11.3 Å². The molecule has 2 aromatic heterocycles. The van der Waals surface area contributed by atoms with Gasteiger partial charge in [-0.3, -0.25) is 4.79 Å². The Labute approximate surface area is 109 Å². The number of rotatable bonds is 3. The summed E-state index contributed by atoms with van der Waals surface area (Å²) in [6, 6.07) is 11.7. The Morgan fingerprint density at radius 3 is 2.83 bits per heavy atom. The van der Waals surface area contributed by atoms with E-state index in [4.69, 9.17) is 4.42 Å². The van der Waals surface area contributed by atoms with Crippen molar-refractivity contribution in [3.05, 3.63) is 58.9 Å². The zero-order chi connectivity index (χ0) is 12.5. The van der Waals surface area contributed by atoms with Gasteiger partial charge in [0.15, 0.2) is 5.76 Å². The molecular formula is C15H12O2S. The van der Waals surface area contributed by atoms with E-state index < -0.39 is 0 Å². The van der Waals surface area contributed by atoms with Crippen LogP contribution in [0.1, 0.15) is 21.9 Å². The van der Waals surface area contributed by atoms with E-state index in [9.17, 15) is 4.79 Å². The number of benzene rings is 1. The van der Waals surface area contributed by atoms with Crippen LogP contribution in [0.2, 0.25) is 0 Å². The Balaban J connectivity index is 1.90. The summed E-state index contributed by atoms with van der Waals surface area (Å²) >= 11 is 1.67. The number of fused-ring (bicyclic) bond motifs is 1. The van der Waals surface area contributed by atoms with E-state index in [0.717, 1.165) is 11.3 Å². The molecule has 0 radical (unpaired) electrons. The molecule has 0 aliphatic rings. The molecule has 0 saturated heterocycles. The first-order valence-corrected chi connectivity index (χ1v) is 6.67. The van der Waals surface area contributed by atoms with Crippen LogP contribution in [-0.4, -0.2) is 5.78 Å². The molecule has 18 heavy (non-hydrogen) atoms. The van der Waals surface area contributed by atoms with Crippen molar-refractivity contribution in [2.24, 2.45) is 0 Å². The number of carbonyl (C=O) groups excluding carboxylic acids is 1. The van der Waals surface area contributed by atoms with Gasteiger partial charge in [-0.25, -0.2) is 0 Å². The molecule has 0 spiro atoms. The van der Waals surface area contributed by atoms with E-state index in [-0.39, 0.29) is 5.78 Å². The highest BCUT2D eigenvalue weighted by atomic mass is 32.1. The van der Waals surface area contributed by atoms with Crippen molar-refractivity contribution in [3.63, 3.8) is 0 Å². The second-order valence-corrected chi connectivity index (χ2v) is 5.18. The second kappa shape index (κ2) is 4.42. The minimum atomic E-state index is 0.0339. The molecule has 0 unspecified atom stereocenters. The summed E-state index contributed by atoms with van der Waals surface area (Å²) in [5.41, 5.74) is 1.08. The van der Waals surface area contributed by atoms with Crippen LogP contribution in [0.25, 0.3) is 10.1 Å². The lowest BCUT2D eigenvalue weighted by molar-refractivity contribution is 0.0965. The highest BCUT2D eigenvalue weighted by molar-refractivity contribution is 7.17. The van der Waals surface area contributed by atoms with Crippen LogP contribution < -0.4 is 0 Å². The number of carbonyl (C=O) groups is 1. The molecule has 0 amide bonds. The van der Waals surface area contributed by atoms with E-state index in [1.54, 1.807) is 17.4 Å². The number of ketones is 1. The van der Waals surface area contributed by atoms with Crippen LogP contribution in [0.15, 0.2) is 46.2 Å². The smallest absolute Gasteiger partial charge is 0.202 e. The normalized spacial score (nSPS) is 10.9. The zero-order valence-corrected chi connectivity index (χ0v) is 10.8. The van der Waals surface area contributed by atoms with E-state index in [2.05, 4.69) is 17.5 Å². The molecule has 3 heteroatoms. The Kier molecular flexibility index (Phi) is 2.76. The average Bonchev–Trinajstić information content (AvgIpc) is 2.97. The maximum absolute atomic E-state index is 12.1. The molecule has 3 rings (SSSR count). The summed E-state index contributed by atoms with van der Waals surface area (Å²) in [5, 5.41) is 3.22. The van der Waals surface area contributed by atoms with Crippen LogP contribution in [-0.2, 0) is 6.42 Å². The van der Waals surface area contributed by atoms with Crippen molar-refractivity contribution in [3.8, 4) is 0 Å². The standard InChI is InChI=1S/C15H12O2S/c1-10-6-7-14(17-10)13(16)8-11-9-18-15-5-3-2-4-12(11)15/h2-7,9H,8H2,1H3. The van der Waals surface area contributed by atoms with Crippen molar-refractivity contribution < 1.29 is 9.21 Å². The molecule has 90 valence electrons. The van der Waals surface area contributed by atoms with Crippen LogP contribution in [0.3, 0.4) is 0 Å². The Morgan fingerprint density at radius 1 is 1.22 bits per heavy atom. The van der Waals surface area contributed by atoms with Gasteiger partial charge < -0.3 is 4.42 Å². The predicted octanol–water partition coefficient (Wildman–Crippen LogP) is 4.23. The molecule has 2 heterocycles. The molecule has 0 atom stereocenters. The van der Waals surface area contributed by atoms with Crippen molar-refractivity contribution >= 4 is 27.2 Å². The number of aryl methyl sites for hydroxylation is 1. The third-order valence-corrected chi connectivity index (χ3v) is 3.94. The quantitative estimate of drug-likeness (QED) is 0.656. The lowest BCUT2D eigenvalue weighted by atomic mass is 10.1. The van der Waals surface area contributed by atoms with Gasteiger partial charge in [0, 0.05) is 11.1 Å². The van der Waals surface area contributed by atoms with Gasteiger partial charge >= 0.3 is 0 Å². The molecule has 2 nitrogen and oxygen atoms in total. The van der Waals surface area contributed by atoms with Gasteiger partial charge in [-0.2, -0.15) is 0 Å². The van der Waals surface area contributed by atoms with Crippen molar-refractivity contribution in [1.82, 2.24) is 0 Å². The van der Waals surface area contributed by atoms with Gasteiger partial charge in [-0.1, -0.05) is 18.2 Å². The Bertz CT molecular complexity index is 706. The number of hydrogen-bond acceptors (Lipinski definition) is 3. The highest BCUT2D eigenvalue weighted by Gasteiger charge is 2.13. The monoisotopic (exact) mass is 256 g/mol. The molecular weight excluding hydrogens is 244 g/mol. The van der Waals surface area contributed by atoms with E-state index in [0.29, 0.717) is 12.2 Å². The lowest BCUT2D eigenvalue weighted by Crippen LogP contribution is -2.01. The molecule has 0 aliphatic carbocycles. The van der Waals surface area contributed by atoms with Gasteiger partial charge in [0.2, 0.25) is 5.78 Å². The van der Waals surface area contributed by atoms with E-state index in [1.165, 1.54) is 10.1 Å². The fourth-order valence-corrected chi connectivity index (χ4v) is 2.98. The van der Waals surface area contributed by atoms with Gasteiger partial charge in [-0.05, 0) is 41.5 Å². The first kappa shape index (κ1) is 11.2. The van der Waals surface area contributed by atoms with Crippen molar-refractivity contribution in [2.45, 2.75) is 13.3 Å². The number of hydrogen-bond donors (Lipinski definition) is 0. The molecule has 0 bridgehead atoms. The minimum Gasteiger partial charge on any atom is -0.458 e. The summed E-state index contributed by atoms with van der Waals surface area (Å²) in [7, 11) is 0. The third-order valence-electron chi connectivity index (χ3n) is 2.93. The molecule has 3 aromatic rings. The number of furan rings is 1. The minimum absolute atomic E-state index is 0.0339. The topological polar surface area (TPSA) is 30.2 Å². The van der Waals surface area contributed by atoms with Crippen LogP contribution in [0.5, 0.6) is 0 Å². The van der Waals surface area contributed by atoms with E-state index in [1.807, 2.05) is 25.1 Å². The van der Waals surface area contributed by atoms with Crippen molar-refractivity contribution in [2.75, 3.05) is 0 Å². The highest BCUT2D eigenvalue weighted by Crippen LogP contribution is 2.26. The summed E-state index contributed by atoms with van der Waals surface area (Å²) in [6.07, 6.45) is 0.400. The van der Waals surface area contributed by atoms with Gasteiger partial charge in [0.1, 0.15) is 5.76 Å². The Hall–Kier alpha value is -1.87. The fraction of sp³-hybridized carbons (Fsp3) is 0.133. The lowest BCUT2D eigenvalue weighted by Gasteiger charge is -1.97. The third kappa shape index (κ3) is 1.97. The summed E-state index contributed by atoms with van der Waals surface area (Å²) in [6.45, 7) is 1.84. The predicted molar refractivity (Wildman–Crippen MR) is 73.3 cm³/mol. The second-order valence-electron chi connectivity index (χ2n) is 4.27. The summed E-state index contributed by atoms with van der Waals surface area (Å²) < 4.78 is 6.58. The van der Waals surface area contributed by atoms with E-state index >= 15 is 0 Å². The molecule has 1 aromatic carbocycles. The first-order valence-electron chi connectivity index (χ1n) is 5.79. The van der Waals surface area contributed by atoms with Crippen LogP contribution >= 0.6 is 11.3 Å². The zero-order valence-electron chi connectivity index (χ0n) is 9.97. The number of Topliss-reactive ketones (excluding diaryl/α,β-unsaturated/α-hetero) is 1. The van der Waals surface area contributed by atoms with Crippen molar-refractivity contribution in [1.29, 1.82) is 0 Å². The Morgan fingerprint density at radius 2 is 2.06 bits per heavy atom. The average molecular weight is 256 g/mol. The van der Waals surface area contributed by atoms with Gasteiger partial charge in [0.05, 0.1) is 0 Å². The van der Waals surface area contributed by atoms with Gasteiger partial charge in [0.25, 0.3) is 0 Å². The SMILES string of the molecule is Cc1ccc(C(=O)Cc2csc3ccccc23)o1. The molecule has 0 aliphatic heterocycles. The maximum Gasteiger partial charge on any atom is 0.202 e. The largest absolute Gasteiger partial charge is 0.458 e. The fourth-order valence-electron chi connectivity index (χ4n) is 2.01. The summed E-state index contributed by atoms with van der Waals surface area (Å²) in [5.74, 6) is 1.25. The number of thiophene rings is 1. The molecule has 0 N–H and O–H groups in total.